The summed E-state index contributed by atoms with van der Waals surface area (Å²) in [5.41, 5.74) is 3.58. The first-order valence-electron chi connectivity index (χ1n) is 21.4. The molecule has 2 aromatic carbocycles. The van der Waals surface area contributed by atoms with Gasteiger partial charge in [-0.1, -0.05) is 49.2 Å². The number of carbonyl (C=O) groups excluding carboxylic acids is 2. The number of anilines is 2. The van der Waals surface area contributed by atoms with Gasteiger partial charge < -0.3 is 28.7 Å². The summed E-state index contributed by atoms with van der Waals surface area (Å²) in [6, 6.07) is 14.3. The van der Waals surface area contributed by atoms with Crippen LogP contribution in [0.2, 0.25) is 25.7 Å². The third kappa shape index (κ3) is 12.3. The minimum atomic E-state index is -1.23. The number of para-hydroxylation sites is 1. The van der Waals surface area contributed by atoms with Gasteiger partial charge in [0.1, 0.15) is 12.3 Å². The van der Waals surface area contributed by atoms with Gasteiger partial charge in [0.2, 0.25) is 0 Å². The van der Waals surface area contributed by atoms with Crippen LogP contribution in [0, 0.1) is 12.7 Å². The Balaban J connectivity index is 1.13. The van der Waals surface area contributed by atoms with Gasteiger partial charge in [-0.3, -0.25) is 4.57 Å². The largest absolute Gasteiger partial charge is 0.491 e. The number of ether oxygens (including phenoxy) is 4. The van der Waals surface area contributed by atoms with E-state index in [4.69, 9.17) is 34.0 Å². The van der Waals surface area contributed by atoms with Crippen molar-refractivity contribution in [2.75, 3.05) is 44.9 Å². The number of amides is 1. The number of fused-ring (bicyclic) bond motifs is 2. The summed E-state index contributed by atoms with van der Waals surface area (Å²) in [5, 5.41) is 10.0. The third-order valence-corrected chi connectivity index (χ3v) is 14.1. The molecule has 0 unspecified atom stereocenters. The highest BCUT2D eigenvalue weighted by Gasteiger charge is 2.29. The maximum Gasteiger partial charge on any atom is 0.410 e. The van der Waals surface area contributed by atoms with Crippen molar-refractivity contribution in [3.63, 3.8) is 0 Å². The van der Waals surface area contributed by atoms with Crippen molar-refractivity contribution in [2.24, 2.45) is 4.99 Å². The zero-order valence-corrected chi connectivity index (χ0v) is 40.1. The molecule has 1 aliphatic heterocycles. The number of hydrogen-bond donors (Lipinski definition) is 0. The second kappa shape index (κ2) is 20.6. The van der Waals surface area contributed by atoms with Crippen LogP contribution in [-0.2, 0) is 40.2 Å². The van der Waals surface area contributed by atoms with Gasteiger partial charge in [-0.05, 0) is 109 Å². The Morgan fingerprint density at radius 1 is 1.03 bits per heavy atom. The van der Waals surface area contributed by atoms with Gasteiger partial charge in [0.05, 0.1) is 23.4 Å². The third-order valence-electron chi connectivity index (χ3n) is 10.2. The first-order chi connectivity index (χ1) is 29.5. The highest BCUT2D eigenvalue weighted by molar-refractivity contribution is 7.16. The highest BCUT2D eigenvalue weighted by Crippen LogP contribution is 2.39. The number of thiazole rings is 2. The minimum absolute atomic E-state index is 0.160. The SMILES string of the molecule is CCOC(=O)c1nc(N2CCCc3c2nnc(N=c2sc4ccccc4n2COCC[Si](C)(C)C)c3C)sc1CCCOc1ccc(CCCN(C)C(=O)OC(C)(C)C)cc1F. The average Bonchev–Trinajstić information content (AvgIpc) is 3.80. The molecule has 17 heteroatoms. The van der Waals surface area contributed by atoms with E-state index in [1.807, 2.05) is 50.8 Å². The van der Waals surface area contributed by atoms with Crippen LogP contribution in [0.25, 0.3) is 10.2 Å². The summed E-state index contributed by atoms with van der Waals surface area (Å²) in [4.78, 5) is 40.4. The van der Waals surface area contributed by atoms with E-state index in [9.17, 15) is 9.59 Å². The molecule has 1 amide bonds. The van der Waals surface area contributed by atoms with Gasteiger partial charge >= 0.3 is 12.1 Å². The number of aryl methyl sites for hydroxylation is 2. The molecule has 0 N–H and O–H groups in total. The number of aromatic nitrogens is 4. The van der Waals surface area contributed by atoms with Gasteiger partial charge in [-0.2, -0.15) is 4.99 Å². The molecule has 0 radical (unpaired) electrons. The van der Waals surface area contributed by atoms with E-state index in [0.717, 1.165) is 55.5 Å². The van der Waals surface area contributed by atoms with Gasteiger partial charge in [0, 0.05) is 50.8 Å². The Kier molecular flexibility index (Phi) is 15.6. The zero-order chi connectivity index (χ0) is 44.6. The topological polar surface area (TPSA) is 134 Å². The van der Waals surface area contributed by atoms with Crippen molar-refractivity contribution in [3.05, 3.63) is 80.3 Å². The molecule has 3 aromatic heterocycles. The average molecular weight is 906 g/mol. The Hall–Kier alpha value is -4.71. The molecule has 0 fully saturated rings. The molecular formula is C45H60FN7O6S2Si. The van der Waals surface area contributed by atoms with Gasteiger partial charge in [-0.25, -0.2) is 19.0 Å². The van der Waals surface area contributed by atoms with Gasteiger partial charge in [0.25, 0.3) is 0 Å². The first-order valence-corrected chi connectivity index (χ1v) is 26.7. The van der Waals surface area contributed by atoms with Crippen LogP contribution in [0.3, 0.4) is 0 Å². The van der Waals surface area contributed by atoms with E-state index in [1.165, 1.54) is 22.3 Å². The van der Waals surface area contributed by atoms with Crippen LogP contribution >= 0.6 is 22.7 Å². The van der Waals surface area contributed by atoms with E-state index >= 15 is 4.39 Å². The fourth-order valence-corrected chi connectivity index (χ4v) is 9.78. The van der Waals surface area contributed by atoms with E-state index in [-0.39, 0.29) is 30.8 Å². The molecule has 62 heavy (non-hydrogen) atoms. The number of carbonyl (C=O) groups is 2. The van der Waals surface area contributed by atoms with E-state index in [0.29, 0.717) is 68.9 Å². The smallest absolute Gasteiger partial charge is 0.410 e. The van der Waals surface area contributed by atoms with E-state index in [1.54, 1.807) is 31.4 Å². The number of benzene rings is 2. The summed E-state index contributed by atoms with van der Waals surface area (Å²) in [7, 11) is 0.459. The van der Waals surface area contributed by atoms with Crippen LogP contribution < -0.4 is 14.4 Å². The van der Waals surface area contributed by atoms with Crippen LogP contribution in [0.4, 0.5) is 26.0 Å². The number of rotatable bonds is 18. The second-order valence-electron chi connectivity index (χ2n) is 17.7. The Bertz CT molecular complexity index is 2420. The molecular weight excluding hydrogens is 846 g/mol. The molecule has 0 spiro atoms. The molecule has 6 rings (SSSR count). The molecule has 0 aliphatic carbocycles. The zero-order valence-electron chi connectivity index (χ0n) is 37.5. The van der Waals surface area contributed by atoms with Crippen LogP contribution in [0.5, 0.6) is 5.75 Å². The van der Waals surface area contributed by atoms with Crippen molar-refractivity contribution in [2.45, 2.75) is 111 Å². The van der Waals surface area contributed by atoms with E-state index in [2.05, 4.69) is 41.4 Å². The van der Waals surface area contributed by atoms with E-state index < -0.39 is 25.5 Å². The molecule has 0 bridgehead atoms. The molecule has 0 atom stereocenters. The summed E-state index contributed by atoms with van der Waals surface area (Å²) >= 11 is 3.03. The summed E-state index contributed by atoms with van der Waals surface area (Å²) in [6.07, 6.45) is 3.54. The number of hydrogen-bond acceptors (Lipinski definition) is 13. The maximum atomic E-state index is 15.1. The van der Waals surface area contributed by atoms with Crippen LogP contribution in [0.15, 0.2) is 47.5 Å². The quantitative estimate of drug-likeness (QED) is 0.0475. The molecule has 4 heterocycles. The molecule has 5 aromatic rings. The maximum absolute atomic E-state index is 15.1. The summed E-state index contributed by atoms with van der Waals surface area (Å²) in [5.74, 6) is 0.498. The normalized spacial score (nSPS) is 13.4. The molecule has 334 valence electrons. The molecule has 13 nitrogen and oxygen atoms in total. The van der Waals surface area contributed by atoms with Gasteiger partial charge in [-0.15, -0.1) is 21.5 Å². The fourth-order valence-electron chi connectivity index (χ4n) is 6.88. The number of esters is 1. The standard InChI is InChI=1S/C45H60FN7O6S2Si/c1-10-57-41(54)38-37(20-15-25-58-35-22-21-31(28-33(35)46)16-13-23-51(6)44(55)59-45(3,4)5)61-42(47-38)52-24-14-17-32-30(2)39(49-50-40(32)52)48-43-53(29-56-26-27-62(7,8)9)34-18-11-12-19-36(34)60-43/h11-12,18-19,21-22,28H,10,13-17,20,23-27,29H2,1-9H3. The lowest BCUT2D eigenvalue weighted by molar-refractivity contribution is 0.0296. The Labute approximate surface area is 372 Å². The molecule has 0 saturated heterocycles. The second-order valence-corrected chi connectivity index (χ2v) is 25.3. The molecule has 0 saturated carbocycles. The van der Waals surface area contributed by atoms with Crippen molar-refractivity contribution >= 4 is 69.8 Å². The van der Waals surface area contributed by atoms with Crippen molar-refractivity contribution in [3.8, 4) is 5.75 Å². The van der Waals surface area contributed by atoms with Crippen molar-refractivity contribution < 1.29 is 32.9 Å². The van der Waals surface area contributed by atoms with Gasteiger partial charge in [0.15, 0.2) is 38.8 Å². The highest BCUT2D eigenvalue weighted by atomic mass is 32.1. The number of nitrogens with zero attached hydrogens (tertiary/aromatic N) is 7. The lowest BCUT2D eigenvalue weighted by Gasteiger charge is -2.28. The predicted molar refractivity (Wildman–Crippen MR) is 247 cm³/mol. The number of halogens is 1. The molecule has 1 aliphatic rings. The van der Waals surface area contributed by atoms with Crippen molar-refractivity contribution in [1.82, 2.24) is 24.6 Å². The van der Waals surface area contributed by atoms with Crippen LogP contribution in [-0.4, -0.2) is 90.3 Å². The van der Waals surface area contributed by atoms with Crippen LogP contribution in [0.1, 0.15) is 79.0 Å². The lowest BCUT2D eigenvalue weighted by Crippen LogP contribution is -2.34. The monoisotopic (exact) mass is 905 g/mol. The fraction of sp³-hybridized carbons (Fsp3) is 0.511. The predicted octanol–water partition coefficient (Wildman–Crippen LogP) is 10.0. The summed E-state index contributed by atoms with van der Waals surface area (Å²) in [6.45, 7) is 19.1. The summed E-state index contributed by atoms with van der Waals surface area (Å²) < 4.78 is 41.2. The van der Waals surface area contributed by atoms with Crippen molar-refractivity contribution in [1.29, 1.82) is 0 Å². The Morgan fingerprint density at radius 2 is 1.82 bits per heavy atom. The first kappa shape index (κ1) is 46.8. The minimum Gasteiger partial charge on any atom is -0.491 e. The lowest BCUT2D eigenvalue weighted by atomic mass is 10.0. The Morgan fingerprint density at radius 3 is 2.56 bits per heavy atom.